The molecule has 1 rings (SSSR count). The summed E-state index contributed by atoms with van der Waals surface area (Å²) < 4.78 is 5.77. The minimum absolute atomic E-state index is 0.351. The number of anilines is 1. The van der Waals surface area contributed by atoms with Gasteiger partial charge in [-0.2, -0.15) is 0 Å². The number of allylic oxidation sites excluding steroid dienone is 5. The molecule has 1 heterocycles. The molecule has 19 heavy (non-hydrogen) atoms. The minimum Gasteiger partial charge on any atom is -0.452 e. The Morgan fingerprint density at radius 2 is 2.00 bits per heavy atom. The molecule has 0 amide bonds. The van der Waals surface area contributed by atoms with Crippen molar-refractivity contribution in [3.8, 4) is 0 Å². The lowest BCUT2D eigenvalue weighted by atomic mass is 10.0. The highest BCUT2D eigenvalue weighted by Gasteiger charge is 2.17. The Balaban J connectivity index is 3.27. The van der Waals surface area contributed by atoms with E-state index in [0.717, 1.165) is 29.7 Å². The number of nitrogen functional groups attached to an aromatic ring is 1. The fourth-order valence-corrected chi connectivity index (χ4v) is 1.86. The fraction of sp³-hybridized carbons (Fsp3) is 0.250. The van der Waals surface area contributed by atoms with Crippen molar-refractivity contribution in [3.05, 3.63) is 54.5 Å². The van der Waals surface area contributed by atoms with Crippen LogP contribution in [0.15, 0.2) is 41.9 Å². The van der Waals surface area contributed by atoms with Gasteiger partial charge in [0, 0.05) is 5.56 Å². The first kappa shape index (κ1) is 14.9. The predicted octanol–water partition coefficient (Wildman–Crippen LogP) is 4.03. The number of hydrogen-bond acceptors (Lipinski definition) is 3. The van der Waals surface area contributed by atoms with Gasteiger partial charge in [0.25, 0.3) is 0 Å². The molecule has 0 saturated carbocycles. The van der Waals surface area contributed by atoms with Crippen LogP contribution in [0.5, 0.6) is 0 Å². The Hall–Kier alpha value is -2.16. The molecule has 0 spiro atoms. The molecule has 0 bridgehead atoms. The molecule has 3 heteroatoms. The Morgan fingerprint density at radius 3 is 2.47 bits per heavy atom. The van der Waals surface area contributed by atoms with Gasteiger partial charge < -0.3 is 15.9 Å². The second kappa shape index (κ2) is 6.69. The second-order valence-electron chi connectivity index (χ2n) is 4.39. The van der Waals surface area contributed by atoms with Crippen LogP contribution in [-0.4, -0.2) is 0 Å². The molecule has 0 radical (unpaired) electrons. The van der Waals surface area contributed by atoms with Crippen LogP contribution in [0.25, 0.3) is 11.3 Å². The first-order chi connectivity index (χ1) is 9.02. The van der Waals surface area contributed by atoms with Gasteiger partial charge in [0.05, 0.1) is 11.4 Å². The summed E-state index contributed by atoms with van der Waals surface area (Å²) in [6, 6.07) is 0. The molecule has 0 aliphatic rings. The average Bonchev–Trinajstić information content (AvgIpc) is 2.66. The van der Waals surface area contributed by atoms with Crippen LogP contribution in [0.2, 0.25) is 0 Å². The SMILES string of the molecule is C=C/C=C\C=C(/CCC)c1oc(C(=C)N)c(N)c1C. The minimum atomic E-state index is 0.351. The van der Waals surface area contributed by atoms with Crippen molar-refractivity contribution in [2.75, 3.05) is 5.73 Å². The van der Waals surface area contributed by atoms with Crippen LogP contribution in [-0.2, 0) is 0 Å². The largest absolute Gasteiger partial charge is 0.452 e. The Kier molecular flexibility index (Phi) is 5.24. The van der Waals surface area contributed by atoms with Crippen molar-refractivity contribution in [2.24, 2.45) is 5.73 Å². The quantitative estimate of drug-likeness (QED) is 0.757. The van der Waals surface area contributed by atoms with Crippen molar-refractivity contribution in [3.63, 3.8) is 0 Å². The third kappa shape index (κ3) is 3.41. The Labute approximate surface area is 115 Å². The maximum absolute atomic E-state index is 6.00. The van der Waals surface area contributed by atoms with Gasteiger partial charge >= 0.3 is 0 Å². The van der Waals surface area contributed by atoms with Crippen molar-refractivity contribution in [1.29, 1.82) is 0 Å². The van der Waals surface area contributed by atoms with E-state index in [9.17, 15) is 0 Å². The zero-order valence-corrected chi connectivity index (χ0v) is 11.7. The topological polar surface area (TPSA) is 65.2 Å². The van der Waals surface area contributed by atoms with Gasteiger partial charge in [-0.3, -0.25) is 0 Å². The van der Waals surface area contributed by atoms with E-state index in [-0.39, 0.29) is 0 Å². The molecule has 0 aliphatic carbocycles. The third-order valence-electron chi connectivity index (χ3n) is 2.84. The van der Waals surface area contributed by atoms with Gasteiger partial charge in [-0.25, -0.2) is 0 Å². The summed E-state index contributed by atoms with van der Waals surface area (Å²) in [6.07, 6.45) is 9.49. The Morgan fingerprint density at radius 1 is 1.32 bits per heavy atom. The summed E-state index contributed by atoms with van der Waals surface area (Å²) in [4.78, 5) is 0. The average molecular weight is 258 g/mol. The summed E-state index contributed by atoms with van der Waals surface area (Å²) in [5, 5.41) is 0. The molecule has 1 aromatic rings. The van der Waals surface area contributed by atoms with Gasteiger partial charge in [-0.1, -0.05) is 50.8 Å². The van der Waals surface area contributed by atoms with E-state index in [0.29, 0.717) is 17.1 Å². The van der Waals surface area contributed by atoms with Crippen LogP contribution in [0.1, 0.15) is 36.8 Å². The molecular weight excluding hydrogens is 236 g/mol. The standard InChI is InChI=1S/C16H22N2O/c1-5-7-8-10-13(9-6-2)15-11(3)14(18)16(19-15)12(4)17/h5,7-8,10H,1,4,6,9,17-18H2,2-3H3/b8-7-,13-10+. The van der Waals surface area contributed by atoms with Gasteiger partial charge in [-0.05, 0) is 18.9 Å². The van der Waals surface area contributed by atoms with Crippen LogP contribution < -0.4 is 11.5 Å². The summed E-state index contributed by atoms with van der Waals surface area (Å²) in [7, 11) is 0. The lowest BCUT2D eigenvalue weighted by Gasteiger charge is -2.03. The molecule has 4 N–H and O–H groups in total. The van der Waals surface area contributed by atoms with Gasteiger partial charge in [0.15, 0.2) is 5.76 Å². The molecule has 0 aromatic carbocycles. The van der Waals surface area contributed by atoms with E-state index >= 15 is 0 Å². The number of rotatable bonds is 6. The highest BCUT2D eigenvalue weighted by Crippen LogP contribution is 2.33. The second-order valence-corrected chi connectivity index (χ2v) is 4.39. The van der Waals surface area contributed by atoms with Crippen LogP contribution in [0.4, 0.5) is 5.69 Å². The van der Waals surface area contributed by atoms with Crippen molar-refractivity contribution in [2.45, 2.75) is 26.7 Å². The maximum atomic E-state index is 6.00. The van der Waals surface area contributed by atoms with Gasteiger partial charge in [0.1, 0.15) is 5.76 Å². The first-order valence-corrected chi connectivity index (χ1v) is 6.35. The lowest BCUT2D eigenvalue weighted by Crippen LogP contribution is -1.96. The first-order valence-electron chi connectivity index (χ1n) is 6.35. The number of nitrogens with two attached hydrogens (primary N) is 2. The van der Waals surface area contributed by atoms with Gasteiger partial charge in [0.2, 0.25) is 0 Å². The number of furan rings is 1. The highest BCUT2D eigenvalue weighted by molar-refractivity contribution is 5.77. The molecule has 3 nitrogen and oxygen atoms in total. The molecule has 0 fully saturated rings. The molecule has 1 aromatic heterocycles. The highest BCUT2D eigenvalue weighted by atomic mass is 16.3. The molecule has 102 valence electrons. The zero-order valence-electron chi connectivity index (χ0n) is 11.7. The summed E-state index contributed by atoms with van der Waals surface area (Å²) in [5.41, 5.74) is 14.6. The van der Waals surface area contributed by atoms with Gasteiger partial charge in [-0.15, -0.1) is 0 Å². The smallest absolute Gasteiger partial charge is 0.172 e. The molecule has 0 aliphatic heterocycles. The van der Waals surface area contributed by atoms with E-state index in [1.165, 1.54) is 0 Å². The van der Waals surface area contributed by atoms with E-state index in [1.807, 2.05) is 25.2 Å². The normalized spacial score (nSPS) is 12.0. The lowest BCUT2D eigenvalue weighted by molar-refractivity contribution is 0.534. The van der Waals surface area contributed by atoms with E-state index in [1.54, 1.807) is 6.08 Å². The molecule has 0 saturated heterocycles. The van der Waals surface area contributed by atoms with Crippen molar-refractivity contribution >= 4 is 17.0 Å². The van der Waals surface area contributed by atoms with Crippen molar-refractivity contribution < 1.29 is 4.42 Å². The van der Waals surface area contributed by atoms with E-state index in [4.69, 9.17) is 15.9 Å². The van der Waals surface area contributed by atoms with Crippen LogP contribution in [0, 0.1) is 6.92 Å². The molecular formula is C16H22N2O. The molecule has 0 unspecified atom stereocenters. The van der Waals surface area contributed by atoms with E-state index < -0.39 is 0 Å². The fourth-order valence-electron chi connectivity index (χ4n) is 1.86. The monoisotopic (exact) mass is 258 g/mol. The summed E-state index contributed by atoms with van der Waals surface area (Å²) in [6.45, 7) is 11.4. The third-order valence-corrected chi connectivity index (χ3v) is 2.84. The number of hydrogen-bond donors (Lipinski definition) is 2. The predicted molar refractivity (Wildman–Crippen MR) is 83.3 cm³/mol. The van der Waals surface area contributed by atoms with Crippen LogP contribution in [0.3, 0.4) is 0 Å². The zero-order chi connectivity index (χ0) is 14.4. The molecule has 0 atom stereocenters. The summed E-state index contributed by atoms with van der Waals surface area (Å²) >= 11 is 0. The van der Waals surface area contributed by atoms with Crippen molar-refractivity contribution in [1.82, 2.24) is 0 Å². The Bertz CT molecular complexity index is 533. The maximum Gasteiger partial charge on any atom is 0.172 e. The van der Waals surface area contributed by atoms with Crippen LogP contribution >= 0.6 is 0 Å². The summed E-state index contributed by atoms with van der Waals surface area (Å²) in [5.74, 6) is 1.26. The van der Waals surface area contributed by atoms with E-state index in [2.05, 4.69) is 20.1 Å².